The van der Waals surface area contributed by atoms with Crippen LogP contribution in [0.4, 0.5) is 10.2 Å². The average molecular weight is 456 g/mol. The summed E-state index contributed by atoms with van der Waals surface area (Å²) in [4.78, 5) is 25.7. The van der Waals surface area contributed by atoms with Crippen molar-refractivity contribution in [3.8, 4) is 5.75 Å². The van der Waals surface area contributed by atoms with E-state index in [1.165, 1.54) is 12.1 Å². The molecule has 11 heteroatoms. The minimum Gasteiger partial charge on any atom is -0.482 e. The van der Waals surface area contributed by atoms with Crippen molar-refractivity contribution in [1.29, 1.82) is 0 Å². The summed E-state index contributed by atoms with van der Waals surface area (Å²) in [6, 6.07) is 3.67. The van der Waals surface area contributed by atoms with Crippen molar-refractivity contribution in [2.24, 2.45) is 0 Å². The molecule has 0 bridgehead atoms. The van der Waals surface area contributed by atoms with Crippen molar-refractivity contribution >= 4 is 40.8 Å². The number of piperidine rings is 1. The van der Waals surface area contributed by atoms with Crippen molar-refractivity contribution in [3.63, 3.8) is 0 Å². The number of hydrogen-bond acceptors (Lipinski definition) is 6. The molecular formula is C19H20Cl2FN5O3. The lowest BCUT2D eigenvalue weighted by Gasteiger charge is -2.30. The Balaban J connectivity index is 1.76. The Kier molecular flexibility index (Phi) is 6.62. The number of carbonyl (C=O) groups is 2. The van der Waals surface area contributed by atoms with Crippen LogP contribution in [0.1, 0.15) is 41.9 Å². The zero-order chi connectivity index (χ0) is 22.0. The van der Waals surface area contributed by atoms with Crippen LogP contribution in [0, 0.1) is 5.82 Å². The quantitative estimate of drug-likeness (QED) is 0.670. The molecule has 0 radical (unpaired) electrons. The fourth-order valence-corrected chi connectivity index (χ4v) is 3.82. The van der Waals surface area contributed by atoms with Gasteiger partial charge in [0.25, 0.3) is 5.91 Å². The maximum atomic E-state index is 13.8. The normalized spacial score (nSPS) is 17.6. The van der Waals surface area contributed by atoms with Crippen LogP contribution in [0.15, 0.2) is 18.2 Å². The van der Waals surface area contributed by atoms with E-state index in [9.17, 15) is 14.0 Å². The van der Waals surface area contributed by atoms with Gasteiger partial charge in [-0.25, -0.2) is 4.39 Å². The number of ether oxygens (including phenoxy) is 1. The van der Waals surface area contributed by atoms with E-state index in [1.807, 2.05) is 0 Å². The first-order valence-corrected chi connectivity index (χ1v) is 9.91. The highest BCUT2D eigenvalue weighted by atomic mass is 35.5. The summed E-state index contributed by atoms with van der Waals surface area (Å²) in [5.74, 6) is -1.05. The SMILES string of the molecule is CC(Oc1cc(C(=O)NC2CCC(=O)N(C)C2)nnc1N)c1c(Cl)ccc(F)c1Cl. The van der Waals surface area contributed by atoms with E-state index in [4.69, 9.17) is 33.7 Å². The number of nitrogen functional groups attached to an aromatic ring is 1. The lowest BCUT2D eigenvalue weighted by Crippen LogP contribution is -2.48. The van der Waals surface area contributed by atoms with Crippen LogP contribution in [0.3, 0.4) is 0 Å². The number of anilines is 1. The van der Waals surface area contributed by atoms with Crippen LogP contribution in [-0.4, -0.2) is 46.5 Å². The second-order valence-corrected chi connectivity index (χ2v) is 7.76. The molecule has 1 aromatic carbocycles. The first-order chi connectivity index (χ1) is 14.2. The standard InChI is InChI=1S/C19H20Cl2FN5O3/c1-9(16-11(20)4-5-12(22)17(16)21)30-14-7-13(25-26-18(14)23)19(29)24-10-3-6-15(28)27(2)8-10/h4-5,7,9-10H,3,6,8H2,1-2H3,(H2,23,26)(H,24,29). The van der Waals surface area contributed by atoms with Crippen molar-refractivity contribution in [1.82, 2.24) is 20.4 Å². The number of likely N-dealkylation sites (tertiary alicyclic amines) is 1. The Morgan fingerprint density at radius 3 is 2.83 bits per heavy atom. The number of rotatable bonds is 5. The van der Waals surface area contributed by atoms with Crippen LogP contribution >= 0.6 is 23.2 Å². The zero-order valence-electron chi connectivity index (χ0n) is 16.3. The maximum absolute atomic E-state index is 13.8. The molecule has 2 aromatic rings. The lowest BCUT2D eigenvalue weighted by atomic mass is 10.1. The van der Waals surface area contributed by atoms with Crippen molar-refractivity contribution in [3.05, 3.63) is 45.3 Å². The van der Waals surface area contributed by atoms with E-state index in [1.54, 1.807) is 18.9 Å². The summed E-state index contributed by atoms with van der Waals surface area (Å²) < 4.78 is 19.6. The number of carbonyl (C=O) groups excluding carboxylic acids is 2. The molecule has 1 aliphatic rings. The minimum atomic E-state index is -0.777. The predicted molar refractivity (Wildman–Crippen MR) is 110 cm³/mol. The maximum Gasteiger partial charge on any atom is 0.272 e. The van der Waals surface area contributed by atoms with Gasteiger partial charge in [0, 0.05) is 42.7 Å². The fraction of sp³-hybridized carbons (Fsp3) is 0.368. The average Bonchev–Trinajstić information content (AvgIpc) is 2.69. The van der Waals surface area contributed by atoms with Gasteiger partial charge in [-0.3, -0.25) is 9.59 Å². The number of hydrogen-bond donors (Lipinski definition) is 2. The molecule has 0 aliphatic carbocycles. The van der Waals surface area contributed by atoms with Gasteiger partial charge in [-0.1, -0.05) is 23.2 Å². The van der Waals surface area contributed by atoms with Gasteiger partial charge in [-0.15, -0.1) is 10.2 Å². The van der Waals surface area contributed by atoms with E-state index in [2.05, 4.69) is 15.5 Å². The van der Waals surface area contributed by atoms with E-state index >= 15 is 0 Å². The summed E-state index contributed by atoms with van der Waals surface area (Å²) in [6.07, 6.45) is 0.116. The highest BCUT2D eigenvalue weighted by Gasteiger charge is 2.26. The second-order valence-electron chi connectivity index (χ2n) is 6.98. The van der Waals surface area contributed by atoms with Gasteiger partial charge in [0.1, 0.15) is 11.9 Å². The van der Waals surface area contributed by atoms with E-state index < -0.39 is 17.8 Å². The minimum absolute atomic E-state index is 0.0117. The Morgan fingerprint density at radius 1 is 1.40 bits per heavy atom. The smallest absolute Gasteiger partial charge is 0.272 e. The molecular weight excluding hydrogens is 436 g/mol. The van der Waals surface area contributed by atoms with Gasteiger partial charge in [0.2, 0.25) is 5.91 Å². The van der Waals surface area contributed by atoms with Crippen molar-refractivity contribution in [2.45, 2.75) is 31.9 Å². The largest absolute Gasteiger partial charge is 0.482 e. The molecule has 160 valence electrons. The Labute approximate surface area is 182 Å². The third-order valence-corrected chi connectivity index (χ3v) is 5.48. The second kappa shape index (κ2) is 9.01. The molecule has 8 nitrogen and oxygen atoms in total. The van der Waals surface area contributed by atoms with Crippen LogP contribution in [0.2, 0.25) is 10.0 Å². The number of amides is 2. The molecule has 3 N–H and O–H groups in total. The van der Waals surface area contributed by atoms with Gasteiger partial charge in [-0.2, -0.15) is 0 Å². The number of halogens is 3. The van der Waals surface area contributed by atoms with Crippen molar-refractivity contribution in [2.75, 3.05) is 19.3 Å². The predicted octanol–water partition coefficient (Wildman–Crippen LogP) is 3.00. The van der Waals surface area contributed by atoms with Crippen LogP contribution in [0.25, 0.3) is 0 Å². The highest BCUT2D eigenvalue weighted by Crippen LogP contribution is 2.35. The highest BCUT2D eigenvalue weighted by molar-refractivity contribution is 6.36. The van der Waals surface area contributed by atoms with Gasteiger partial charge < -0.3 is 20.7 Å². The molecule has 1 fully saturated rings. The van der Waals surface area contributed by atoms with Crippen LogP contribution < -0.4 is 15.8 Å². The first kappa shape index (κ1) is 22.0. The Bertz CT molecular complexity index is 991. The lowest BCUT2D eigenvalue weighted by molar-refractivity contribution is -0.132. The summed E-state index contributed by atoms with van der Waals surface area (Å²) in [5, 5.41) is 10.5. The van der Waals surface area contributed by atoms with E-state index in [0.29, 0.717) is 19.4 Å². The molecule has 3 rings (SSSR count). The first-order valence-electron chi connectivity index (χ1n) is 9.15. The number of nitrogens with one attached hydrogen (secondary N) is 1. The third kappa shape index (κ3) is 4.73. The number of aromatic nitrogens is 2. The Hall–Kier alpha value is -2.65. The molecule has 2 atom stereocenters. The monoisotopic (exact) mass is 455 g/mol. The molecule has 2 amide bonds. The zero-order valence-corrected chi connectivity index (χ0v) is 17.8. The van der Waals surface area contributed by atoms with E-state index in [-0.39, 0.29) is 44.8 Å². The van der Waals surface area contributed by atoms with Gasteiger partial charge >= 0.3 is 0 Å². The number of likely N-dealkylation sites (N-methyl/N-ethyl adjacent to an activating group) is 1. The summed E-state index contributed by atoms with van der Waals surface area (Å²) in [6.45, 7) is 2.02. The molecule has 2 unspecified atom stereocenters. The number of nitrogens with zero attached hydrogens (tertiary/aromatic N) is 3. The molecule has 1 aromatic heterocycles. The fourth-order valence-electron chi connectivity index (χ4n) is 3.14. The molecule has 2 heterocycles. The summed E-state index contributed by atoms with van der Waals surface area (Å²) in [5.41, 5.74) is 6.06. The Morgan fingerprint density at radius 2 is 2.13 bits per heavy atom. The number of nitrogens with two attached hydrogens (primary N) is 1. The van der Waals surface area contributed by atoms with Crippen LogP contribution in [0.5, 0.6) is 5.75 Å². The third-order valence-electron chi connectivity index (χ3n) is 4.77. The van der Waals surface area contributed by atoms with E-state index in [0.717, 1.165) is 6.07 Å². The van der Waals surface area contributed by atoms with Gasteiger partial charge in [-0.05, 0) is 25.5 Å². The summed E-state index contributed by atoms with van der Waals surface area (Å²) in [7, 11) is 1.68. The molecule has 1 aliphatic heterocycles. The van der Waals surface area contributed by atoms with Gasteiger partial charge in [0.05, 0.1) is 5.02 Å². The topological polar surface area (TPSA) is 110 Å². The molecule has 30 heavy (non-hydrogen) atoms. The molecule has 0 spiro atoms. The molecule has 1 saturated heterocycles. The van der Waals surface area contributed by atoms with Crippen LogP contribution in [-0.2, 0) is 4.79 Å². The summed E-state index contributed by atoms with van der Waals surface area (Å²) >= 11 is 12.2. The van der Waals surface area contributed by atoms with Gasteiger partial charge in [0.15, 0.2) is 17.3 Å². The number of benzene rings is 1. The van der Waals surface area contributed by atoms with Crippen molar-refractivity contribution < 1.29 is 18.7 Å². The molecule has 0 saturated carbocycles.